The first-order chi connectivity index (χ1) is 10.8. The van der Waals surface area contributed by atoms with E-state index in [9.17, 15) is 9.90 Å². The second-order valence-electron chi connectivity index (χ2n) is 6.15. The Kier molecular flexibility index (Phi) is 4.95. The molecule has 0 bridgehead atoms. The largest absolute Gasteiger partial charge is 0.396 e. The third-order valence-corrected chi connectivity index (χ3v) is 4.52. The summed E-state index contributed by atoms with van der Waals surface area (Å²) in [4.78, 5) is 14.3. The summed E-state index contributed by atoms with van der Waals surface area (Å²) in [7, 11) is 0. The second-order valence-corrected chi connectivity index (χ2v) is 6.15. The first kappa shape index (κ1) is 15.3. The molecule has 1 saturated heterocycles. The number of anilines is 1. The number of ether oxygens (including phenoxy) is 1. The molecule has 22 heavy (non-hydrogen) atoms. The first-order valence-electron chi connectivity index (χ1n) is 8.13. The van der Waals surface area contributed by atoms with Crippen molar-refractivity contribution < 1.29 is 14.6 Å². The number of aryl methyl sites for hydroxylation is 1. The van der Waals surface area contributed by atoms with Crippen LogP contribution in [0.25, 0.3) is 0 Å². The van der Waals surface area contributed by atoms with Crippen molar-refractivity contribution in [3.63, 3.8) is 0 Å². The summed E-state index contributed by atoms with van der Waals surface area (Å²) >= 11 is 0. The van der Waals surface area contributed by atoms with Crippen molar-refractivity contribution in [3.05, 3.63) is 29.3 Å². The lowest BCUT2D eigenvalue weighted by molar-refractivity contribution is 0.0958. The van der Waals surface area contributed by atoms with Gasteiger partial charge in [0.15, 0.2) is 0 Å². The van der Waals surface area contributed by atoms with Gasteiger partial charge < -0.3 is 20.1 Å². The number of rotatable bonds is 2. The molecule has 2 aliphatic rings. The van der Waals surface area contributed by atoms with Crippen molar-refractivity contribution in [2.75, 3.05) is 38.2 Å². The zero-order valence-electron chi connectivity index (χ0n) is 12.9. The molecule has 1 fully saturated rings. The fourth-order valence-electron chi connectivity index (χ4n) is 3.27. The zero-order chi connectivity index (χ0) is 15.4. The van der Waals surface area contributed by atoms with E-state index in [1.54, 1.807) is 4.90 Å². The third-order valence-electron chi connectivity index (χ3n) is 4.52. The maximum atomic E-state index is 12.5. The summed E-state index contributed by atoms with van der Waals surface area (Å²) in [5.41, 5.74) is 3.58. The summed E-state index contributed by atoms with van der Waals surface area (Å²) < 4.78 is 5.44. The summed E-state index contributed by atoms with van der Waals surface area (Å²) in [5.74, 6) is -0.00191. The van der Waals surface area contributed by atoms with E-state index < -0.39 is 0 Å². The number of nitrogens with zero attached hydrogens (tertiary/aromatic N) is 1. The molecule has 5 heteroatoms. The molecule has 1 aliphatic carbocycles. The van der Waals surface area contributed by atoms with Gasteiger partial charge in [-0.1, -0.05) is 12.1 Å². The van der Waals surface area contributed by atoms with E-state index in [-0.39, 0.29) is 18.6 Å². The van der Waals surface area contributed by atoms with Crippen LogP contribution in [-0.4, -0.2) is 48.9 Å². The minimum Gasteiger partial charge on any atom is -0.396 e. The Morgan fingerprint density at radius 1 is 1.36 bits per heavy atom. The molecule has 2 amide bonds. The average Bonchev–Trinajstić information content (AvgIpc) is 2.81. The number of urea groups is 1. The summed E-state index contributed by atoms with van der Waals surface area (Å²) in [6.45, 7) is 2.19. The topological polar surface area (TPSA) is 61.8 Å². The maximum Gasteiger partial charge on any atom is 0.321 e. The molecule has 1 aromatic rings. The molecule has 0 unspecified atom stereocenters. The molecule has 0 radical (unpaired) electrons. The van der Waals surface area contributed by atoms with Crippen molar-refractivity contribution in [2.45, 2.75) is 25.7 Å². The molecule has 120 valence electrons. The van der Waals surface area contributed by atoms with Gasteiger partial charge in [-0.05, 0) is 42.9 Å². The van der Waals surface area contributed by atoms with Crippen molar-refractivity contribution in [1.82, 2.24) is 4.90 Å². The van der Waals surface area contributed by atoms with Crippen LogP contribution in [0, 0.1) is 5.92 Å². The maximum absolute atomic E-state index is 12.5. The Morgan fingerprint density at radius 3 is 3.09 bits per heavy atom. The smallest absolute Gasteiger partial charge is 0.321 e. The SMILES string of the molecule is O=C(Nc1cccc2c1CCCC2)N1CCOC[C@H](CO)C1. The number of aliphatic hydroxyl groups is 1. The molecule has 0 saturated carbocycles. The molecule has 3 rings (SSSR count). The van der Waals surface area contributed by atoms with Gasteiger partial charge in [0, 0.05) is 31.3 Å². The lowest BCUT2D eigenvalue weighted by Gasteiger charge is -2.25. The number of hydrogen-bond acceptors (Lipinski definition) is 3. The molecule has 0 spiro atoms. The van der Waals surface area contributed by atoms with Crippen LogP contribution >= 0.6 is 0 Å². The zero-order valence-corrected chi connectivity index (χ0v) is 12.9. The van der Waals surface area contributed by atoms with Gasteiger partial charge in [0.1, 0.15) is 0 Å². The van der Waals surface area contributed by atoms with E-state index >= 15 is 0 Å². The number of amides is 2. The highest BCUT2D eigenvalue weighted by molar-refractivity contribution is 5.90. The molecule has 1 aromatic carbocycles. The Balaban J connectivity index is 1.71. The highest BCUT2D eigenvalue weighted by atomic mass is 16.5. The van der Waals surface area contributed by atoms with Crippen LogP contribution in [-0.2, 0) is 17.6 Å². The van der Waals surface area contributed by atoms with Crippen molar-refractivity contribution in [3.8, 4) is 0 Å². The number of hydrogen-bond donors (Lipinski definition) is 2. The minimum atomic E-state index is -0.0945. The second kappa shape index (κ2) is 7.11. The average molecular weight is 304 g/mol. The molecule has 5 nitrogen and oxygen atoms in total. The van der Waals surface area contributed by atoms with Crippen LogP contribution in [0.5, 0.6) is 0 Å². The molecular weight excluding hydrogens is 280 g/mol. The number of fused-ring (bicyclic) bond motifs is 1. The molecule has 2 N–H and O–H groups in total. The fraction of sp³-hybridized carbons (Fsp3) is 0.588. The van der Waals surface area contributed by atoms with E-state index in [2.05, 4.69) is 11.4 Å². The van der Waals surface area contributed by atoms with E-state index in [1.807, 2.05) is 12.1 Å². The molecule has 1 aliphatic heterocycles. The molecular formula is C17H24N2O3. The highest BCUT2D eigenvalue weighted by Crippen LogP contribution is 2.28. The predicted octanol–water partition coefficient (Wildman–Crippen LogP) is 2.04. The third kappa shape index (κ3) is 3.42. The molecule has 0 aromatic heterocycles. The van der Waals surface area contributed by atoms with Crippen LogP contribution in [0.3, 0.4) is 0 Å². The van der Waals surface area contributed by atoms with Gasteiger partial charge >= 0.3 is 6.03 Å². The van der Waals surface area contributed by atoms with Crippen LogP contribution in [0.15, 0.2) is 18.2 Å². The number of carbonyl (C=O) groups excluding carboxylic acids is 1. The van der Waals surface area contributed by atoms with Gasteiger partial charge in [-0.25, -0.2) is 4.79 Å². The summed E-state index contributed by atoms with van der Waals surface area (Å²) in [6.07, 6.45) is 4.55. The van der Waals surface area contributed by atoms with Gasteiger partial charge in [0.25, 0.3) is 0 Å². The number of carbonyl (C=O) groups is 1. The fourth-order valence-corrected chi connectivity index (χ4v) is 3.27. The van der Waals surface area contributed by atoms with Crippen molar-refractivity contribution in [1.29, 1.82) is 0 Å². The Hall–Kier alpha value is -1.59. The lowest BCUT2D eigenvalue weighted by Crippen LogP contribution is -2.39. The summed E-state index contributed by atoms with van der Waals surface area (Å²) in [5, 5.41) is 12.4. The predicted molar refractivity (Wildman–Crippen MR) is 85.1 cm³/mol. The van der Waals surface area contributed by atoms with Crippen LogP contribution in [0.2, 0.25) is 0 Å². The van der Waals surface area contributed by atoms with Crippen molar-refractivity contribution in [2.24, 2.45) is 5.92 Å². The van der Waals surface area contributed by atoms with Crippen molar-refractivity contribution >= 4 is 11.7 Å². The van der Waals surface area contributed by atoms with Gasteiger partial charge in [-0.2, -0.15) is 0 Å². The quantitative estimate of drug-likeness (QED) is 0.879. The van der Waals surface area contributed by atoms with Gasteiger partial charge in [0.05, 0.1) is 13.2 Å². The molecule has 1 heterocycles. The number of aliphatic hydroxyl groups excluding tert-OH is 1. The van der Waals surface area contributed by atoms with E-state index in [0.29, 0.717) is 26.3 Å². The Bertz CT molecular complexity index is 533. The minimum absolute atomic E-state index is 0.00191. The normalized spacial score (nSPS) is 21.9. The van der Waals surface area contributed by atoms with E-state index in [1.165, 1.54) is 24.0 Å². The van der Waals surface area contributed by atoms with Gasteiger partial charge in [0.2, 0.25) is 0 Å². The molecule has 1 atom stereocenters. The van der Waals surface area contributed by atoms with Crippen LogP contribution in [0.4, 0.5) is 10.5 Å². The van der Waals surface area contributed by atoms with Crippen LogP contribution in [0.1, 0.15) is 24.0 Å². The number of benzene rings is 1. The highest BCUT2D eigenvalue weighted by Gasteiger charge is 2.23. The monoisotopic (exact) mass is 304 g/mol. The number of nitrogens with one attached hydrogen (secondary N) is 1. The lowest BCUT2D eigenvalue weighted by atomic mass is 9.90. The first-order valence-corrected chi connectivity index (χ1v) is 8.13. The summed E-state index contributed by atoms with van der Waals surface area (Å²) in [6, 6.07) is 6.07. The standard InChI is InChI=1S/C17H24N2O3/c20-11-13-10-19(8-9-22-12-13)17(21)18-16-7-3-5-14-4-1-2-6-15(14)16/h3,5,7,13,20H,1-2,4,6,8-12H2,(H,18,21)/t13-/m0/s1. The van der Waals surface area contributed by atoms with Crippen LogP contribution < -0.4 is 5.32 Å². The Labute approximate surface area is 131 Å². The Morgan fingerprint density at radius 2 is 2.23 bits per heavy atom. The van der Waals surface area contributed by atoms with E-state index in [4.69, 9.17) is 4.74 Å². The van der Waals surface area contributed by atoms with E-state index in [0.717, 1.165) is 18.5 Å². The van der Waals surface area contributed by atoms with Gasteiger partial charge in [-0.15, -0.1) is 0 Å². The van der Waals surface area contributed by atoms with Gasteiger partial charge in [-0.3, -0.25) is 0 Å².